The summed E-state index contributed by atoms with van der Waals surface area (Å²) in [6.45, 7) is 0. The van der Waals surface area contributed by atoms with Gasteiger partial charge in [-0.05, 0) is 34.1 Å². The normalized spacial score (nSPS) is 25.9. The van der Waals surface area contributed by atoms with Gasteiger partial charge in [0.1, 0.15) is 23.7 Å². The van der Waals surface area contributed by atoms with E-state index in [0.717, 1.165) is 0 Å². The summed E-state index contributed by atoms with van der Waals surface area (Å²) >= 11 is 3.31. The van der Waals surface area contributed by atoms with Crippen LogP contribution in [-0.4, -0.2) is 44.3 Å². The molecule has 0 spiro atoms. The van der Waals surface area contributed by atoms with Crippen molar-refractivity contribution in [2.45, 2.75) is 12.2 Å². The first-order valence-electron chi connectivity index (χ1n) is 5.30. The number of aliphatic hydroxyl groups excluding tert-OH is 1. The average molecular weight is 337 g/mol. The molecule has 18 heavy (non-hydrogen) atoms. The lowest BCUT2D eigenvalue weighted by Gasteiger charge is -2.17. The summed E-state index contributed by atoms with van der Waals surface area (Å²) in [4.78, 5) is 0. The van der Waals surface area contributed by atoms with Crippen molar-refractivity contribution in [2.75, 3.05) is 18.6 Å². The fourth-order valence-electron chi connectivity index (χ4n) is 1.78. The van der Waals surface area contributed by atoms with Gasteiger partial charge >= 0.3 is 0 Å². The molecule has 0 amide bonds. The molecule has 1 saturated heterocycles. The molecule has 0 radical (unpaired) electrons. The fraction of sp³-hybridized carbons (Fsp3) is 0.455. The van der Waals surface area contributed by atoms with E-state index in [-0.39, 0.29) is 11.5 Å². The Morgan fingerprint density at radius 3 is 2.61 bits per heavy atom. The van der Waals surface area contributed by atoms with E-state index in [0.29, 0.717) is 16.0 Å². The Hall–Kier alpha value is -0.790. The summed E-state index contributed by atoms with van der Waals surface area (Å²) < 4.78 is 33.9. The minimum Gasteiger partial charge on any atom is -0.497 e. The topological polar surface area (TPSA) is 72.8 Å². The third kappa shape index (κ3) is 2.96. The number of ether oxygens (including phenoxy) is 2. The molecule has 1 heterocycles. The van der Waals surface area contributed by atoms with Gasteiger partial charge in [0.15, 0.2) is 9.84 Å². The highest BCUT2D eigenvalue weighted by Crippen LogP contribution is 2.31. The fourth-order valence-corrected chi connectivity index (χ4v) is 3.89. The van der Waals surface area contributed by atoms with E-state index in [1.54, 1.807) is 25.3 Å². The molecule has 1 N–H and O–H groups in total. The highest BCUT2D eigenvalue weighted by atomic mass is 79.9. The number of benzene rings is 1. The average Bonchev–Trinajstić information content (AvgIpc) is 2.54. The Balaban J connectivity index is 2.15. The smallest absolute Gasteiger partial charge is 0.156 e. The van der Waals surface area contributed by atoms with Gasteiger partial charge in [0.25, 0.3) is 0 Å². The lowest BCUT2D eigenvalue weighted by Crippen LogP contribution is -2.29. The van der Waals surface area contributed by atoms with Crippen LogP contribution in [0.25, 0.3) is 0 Å². The molecule has 1 aromatic carbocycles. The maximum Gasteiger partial charge on any atom is 0.156 e. The third-order valence-electron chi connectivity index (χ3n) is 2.69. The van der Waals surface area contributed by atoms with Gasteiger partial charge in [0.05, 0.1) is 23.1 Å². The zero-order valence-electron chi connectivity index (χ0n) is 9.67. The molecule has 100 valence electrons. The molecular weight excluding hydrogens is 324 g/mol. The molecule has 0 aromatic heterocycles. The predicted molar refractivity (Wildman–Crippen MR) is 69.8 cm³/mol. The van der Waals surface area contributed by atoms with Crippen molar-refractivity contribution in [3.63, 3.8) is 0 Å². The van der Waals surface area contributed by atoms with Gasteiger partial charge in [-0.2, -0.15) is 0 Å². The molecule has 1 aliphatic heterocycles. The molecule has 0 aliphatic carbocycles. The van der Waals surface area contributed by atoms with Crippen molar-refractivity contribution in [3.05, 3.63) is 22.7 Å². The number of hydrogen-bond acceptors (Lipinski definition) is 5. The van der Waals surface area contributed by atoms with Gasteiger partial charge < -0.3 is 14.6 Å². The van der Waals surface area contributed by atoms with Crippen LogP contribution in [-0.2, 0) is 9.84 Å². The van der Waals surface area contributed by atoms with Crippen molar-refractivity contribution in [2.24, 2.45) is 0 Å². The lowest BCUT2D eigenvalue weighted by atomic mass is 10.2. The number of sulfone groups is 1. The van der Waals surface area contributed by atoms with Crippen molar-refractivity contribution in [1.82, 2.24) is 0 Å². The van der Waals surface area contributed by atoms with Gasteiger partial charge in [-0.3, -0.25) is 0 Å². The van der Waals surface area contributed by atoms with E-state index < -0.39 is 22.0 Å². The third-order valence-corrected chi connectivity index (χ3v) is 4.99. The van der Waals surface area contributed by atoms with Crippen LogP contribution < -0.4 is 9.47 Å². The van der Waals surface area contributed by atoms with Crippen molar-refractivity contribution in [1.29, 1.82) is 0 Å². The second-order valence-electron chi connectivity index (χ2n) is 4.10. The van der Waals surface area contributed by atoms with Crippen LogP contribution in [0, 0.1) is 0 Å². The molecular formula is C11H13BrO5S. The van der Waals surface area contributed by atoms with Crippen molar-refractivity contribution in [3.8, 4) is 11.5 Å². The van der Waals surface area contributed by atoms with Crippen LogP contribution in [0.2, 0.25) is 0 Å². The van der Waals surface area contributed by atoms with Gasteiger partial charge in [0.2, 0.25) is 0 Å². The molecule has 1 fully saturated rings. The molecule has 5 nitrogen and oxygen atoms in total. The summed E-state index contributed by atoms with van der Waals surface area (Å²) in [5.74, 6) is 0.740. The summed E-state index contributed by atoms with van der Waals surface area (Å²) in [6, 6.07) is 5.08. The van der Waals surface area contributed by atoms with Crippen molar-refractivity contribution >= 4 is 25.8 Å². The van der Waals surface area contributed by atoms with E-state index in [1.807, 2.05) is 0 Å². The van der Waals surface area contributed by atoms with E-state index in [9.17, 15) is 13.5 Å². The zero-order valence-corrected chi connectivity index (χ0v) is 12.1. The maximum atomic E-state index is 11.4. The Bertz CT molecular complexity index is 542. The van der Waals surface area contributed by atoms with Crippen LogP contribution in [0.4, 0.5) is 0 Å². The second kappa shape index (κ2) is 5.07. The van der Waals surface area contributed by atoms with E-state index >= 15 is 0 Å². The number of halogens is 1. The van der Waals surface area contributed by atoms with Crippen molar-refractivity contribution < 1.29 is 23.0 Å². The molecule has 1 aromatic rings. The predicted octanol–water partition coefficient (Wildman–Crippen LogP) is 0.994. The van der Waals surface area contributed by atoms with Crippen LogP contribution >= 0.6 is 15.9 Å². The monoisotopic (exact) mass is 336 g/mol. The number of aliphatic hydroxyl groups is 1. The summed E-state index contributed by atoms with van der Waals surface area (Å²) in [5, 5.41) is 9.63. The van der Waals surface area contributed by atoms with E-state index in [1.165, 1.54) is 0 Å². The highest BCUT2D eigenvalue weighted by molar-refractivity contribution is 9.10. The number of rotatable bonds is 3. The Labute approximate surface area is 114 Å². The zero-order chi connectivity index (χ0) is 13.3. The molecule has 0 saturated carbocycles. The van der Waals surface area contributed by atoms with Crippen LogP contribution in [0.5, 0.6) is 11.5 Å². The van der Waals surface area contributed by atoms with Gasteiger partial charge in [-0.15, -0.1) is 0 Å². The minimum absolute atomic E-state index is 0.160. The number of hydrogen-bond donors (Lipinski definition) is 1. The lowest BCUT2D eigenvalue weighted by molar-refractivity contribution is 0.0732. The summed E-state index contributed by atoms with van der Waals surface area (Å²) in [7, 11) is -1.65. The first-order chi connectivity index (χ1) is 8.41. The Kier molecular flexibility index (Phi) is 3.84. The molecule has 7 heteroatoms. The molecule has 2 rings (SSSR count). The highest BCUT2D eigenvalue weighted by Gasteiger charge is 2.38. The first-order valence-corrected chi connectivity index (χ1v) is 7.91. The van der Waals surface area contributed by atoms with E-state index in [4.69, 9.17) is 9.47 Å². The van der Waals surface area contributed by atoms with Crippen LogP contribution in [0.1, 0.15) is 0 Å². The van der Waals surface area contributed by atoms with Gasteiger partial charge in [-0.25, -0.2) is 8.42 Å². The SMILES string of the molecule is COc1ccc(OC2CS(=O)(=O)CC2O)c(Br)c1. The summed E-state index contributed by atoms with van der Waals surface area (Å²) in [5.41, 5.74) is 0. The van der Waals surface area contributed by atoms with E-state index in [2.05, 4.69) is 15.9 Å². The standard InChI is InChI=1S/C11H13BrO5S/c1-16-7-2-3-10(8(12)4-7)17-11-6-18(14,15)5-9(11)13/h2-4,9,11,13H,5-6H2,1H3. The Morgan fingerprint density at radius 1 is 1.39 bits per heavy atom. The van der Waals surface area contributed by atoms with Gasteiger partial charge in [0, 0.05) is 0 Å². The quantitative estimate of drug-likeness (QED) is 0.891. The molecule has 1 aliphatic rings. The minimum atomic E-state index is -3.21. The number of methoxy groups -OCH3 is 1. The molecule has 2 atom stereocenters. The largest absolute Gasteiger partial charge is 0.497 e. The maximum absolute atomic E-state index is 11.4. The second-order valence-corrected chi connectivity index (χ2v) is 7.11. The van der Waals surface area contributed by atoms with Gasteiger partial charge in [-0.1, -0.05) is 0 Å². The molecule has 0 bridgehead atoms. The first kappa shape index (κ1) is 13.6. The Morgan fingerprint density at radius 2 is 2.11 bits per heavy atom. The summed E-state index contributed by atoms with van der Waals surface area (Å²) in [6.07, 6.45) is -1.70. The molecule has 2 unspecified atom stereocenters. The van der Waals surface area contributed by atoms with Crippen LogP contribution in [0.15, 0.2) is 22.7 Å². The van der Waals surface area contributed by atoms with Crippen LogP contribution in [0.3, 0.4) is 0 Å².